The van der Waals surface area contributed by atoms with E-state index in [0.717, 1.165) is 0 Å². The van der Waals surface area contributed by atoms with Gasteiger partial charge in [-0.1, -0.05) is 24.9 Å². The zero-order chi connectivity index (χ0) is 16.4. The molecule has 22 heavy (non-hydrogen) atoms. The summed E-state index contributed by atoms with van der Waals surface area (Å²) in [5.74, 6) is -1.76. The Labute approximate surface area is 125 Å². The van der Waals surface area contributed by atoms with Gasteiger partial charge >= 0.3 is 12.1 Å². The lowest BCUT2D eigenvalue weighted by Gasteiger charge is -2.26. The highest BCUT2D eigenvalue weighted by molar-refractivity contribution is 7.87. The maximum atomic E-state index is 12.6. The van der Waals surface area contributed by atoms with Gasteiger partial charge in [0.05, 0.1) is 5.54 Å². The van der Waals surface area contributed by atoms with Crippen molar-refractivity contribution < 1.29 is 26.1 Å². The number of hydrogen-bond acceptors (Lipinski definition) is 5. The van der Waals surface area contributed by atoms with Gasteiger partial charge in [-0.25, -0.2) is 4.72 Å². The maximum absolute atomic E-state index is 12.6. The van der Waals surface area contributed by atoms with Crippen LogP contribution in [-0.4, -0.2) is 25.1 Å². The van der Waals surface area contributed by atoms with Crippen LogP contribution in [0.4, 0.5) is 13.2 Å². The van der Waals surface area contributed by atoms with E-state index in [9.17, 15) is 21.6 Å². The fourth-order valence-electron chi connectivity index (χ4n) is 2.41. The summed E-state index contributed by atoms with van der Waals surface area (Å²) >= 11 is 0. The van der Waals surface area contributed by atoms with Crippen LogP contribution in [0.15, 0.2) is 4.52 Å². The summed E-state index contributed by atoms with van der Waals surface area (Å²) in [5.41, 5.74) is -1.26. The first-order valence-electron chi connectivity index (χ1n) is 6.88. The van der Waals surface area contributed by atoms with Crippen LogP contribution in [0.5, 0.6) is 0 Å². The van der Waals surface area contributed by atoms with Crippen molar-refractivity contribution in [3.8, 4) is 0 Å². The molecule has 1 aliphatic rings. The Hall–Kier alpha value is -1.20. The Morgan fingerprint density at radius 3 is 2.45 bits per heavy atom. The summed E-state index contributed by atoms with van der Waals surface area (Å²) in [6, 6.07) is 0. The lowest BCUT2D eigenvalue weighted by Crippen LogP contribution is -2.49. The van der Waals surface area contributed by atoms with E-state index in [2.05, 4.69) is 24.1 Å². The van der Waals surface area contributed by atoms with Gasteiger partial charge in [-0.3, -0.25) is 0 Å². The summed E-state index contributed by atoms with van der Waals surface area (Å²) in [4.78, 5) is 3.34. The maximum Gasteiger partial charge on any atom is 0.471 e. The first-order valence-corrected chi connectivity index (χ1v) is 8.37. The van der Waals surface area contributed by atoms with Gasteiger partial charge in [0.25, 0.3) is 10.2 Å². The molecule has 0 radical (unpaired) electrons. The topological polar surface area (TPSA) is 97.1 Å². The third kappa shape index (κ3) is 3.76. The zero-order valence-corrected chi connectivity index (χ0v) is 12.7. The predicted octanol–water partition coefficient (Wildman–Crippen LogP) is 1.69. The summed E-state index contributed by atoms with van der Waals surface area (Å²) in [6.07, 6.45) is -2.22. The van der Waals surface area contributed by atoms with E-state index < -0.39 is 27.8 Å². The second-order valence-corrected chi connectivity index (χ2v) is 6.71. The molecular formula is C11H17F3N4O3S. The van der Waals surface area contributed by atoms with E-state index in [1.807, 2.05) is 0 Å². The molecule has 1 aliphatic carbocycles. The SMILES string of the molecule is CCCNS(=O)(=O)NC1(c2noc(C(F)(F)F)n2)CCCC1. The van der Waals surface area contributed by atoms with Crippen molar-refractivity contribution in [2.24, 2.45) is 0 Å². The van der Waals surface area contributed by atoms with E-state index >= 15 is 0 Å². The van der Waals surface area contributed by atoms with Crippen LogP contribution in [0.3, 0.4) is 0 Å². The summed E-state index contributed by atoms with van der Waals surface area (Å²) in [6.45, 7) is 2.02. The second-order valence-electron chi connectivity index (χ2n) is 5.21. The van der Waals surface area contributed by atoms with Crippen molar-refractivity contribution in [3.05, 3.63) is 11.7 Å². The fourth-order valence-corrected chi connectivity index (χ4v) is 3.77. The molecule has 1 fully saturated rings. The quantitative estimate of drug-likeness (QED) is 0.820. The molecule has 7 nitrogen and oxygen atoms in total. The molecule has 0 aliphatic heterocycles. The molecule has 1 saturated carbocycles. The van der Waals surface area contributed by atoms with Crippen LogP contribution >= 0.6 is 0 Å². The molecule has 0 spiro atoms. The number of aromatic nitrogens is 2. The molecule has 1 aromatic rings. The predicted molar refractivity (Wildman–Crippen MR) is 69.8 cm³/mol. The number of hydrogen-bond donors (Lipinski definition) is 2. The van der Waals surface area contributed by atoms with Gasteiger partial charge < -0.3 is 4.52 Å². The van der Waals surface area contributed by atoms with Crippen molar-refractivity contribution in [1.82, 2.24) is 19.6 Å². The van der Waals surface area contributed by atoms with Crippen molar-refractivity contribution in [2.45, 2.75) is 50.7 Å². The lowest BCUT2D eigenvalue weighted by atomic mass is 9.98. The van der Waals surface area contributed by atoms with E-state index in [1.54, 1.807) is 6.92 Å². The molecule has 11 heteroatoms. The normalized spacial score (nSPS) is 18.7. The number of nitrogens with zero attached hydrogens (tertiary/aromatic N) is 2. The van der Waals surface area contributed by atoms with E-state index in [0.29, 0.717) is 32.1 Å². The first-order chi connectivity index (χ1) is 10.2. The Bertz CT molecular complexity index is 608. The van der Waals surface area contributed by atoms with Gasteiger partial charge in [0.2, 0.25) is 0 Å². The molecule has 1 aromatic heterocycles. The Morgan fingerprint density at radius 1 is 1.32 bits per heavy atom. The molecule has 126 valence electrons. The molecule has 0 saturated heterocycles. The molecule has 0 bridgehead atoms. The van der Waals surface area contributed by atoms with E-state index in [1.165, 1.54) is 0 Å². The number of nitrogens with one attached hydrogen (secondary N) is 2. The van der Waals surface area contributed by atoms with E-state index in [-0.39, 0.29) is 12.4 Å². The average molecular weight is 342 g/mol. The Balaban J connectivity index is 2.27. The minimum Gasteiger partial charge on any atom is -0.329 e. The van der Waals surface area contributed by atoms with Crippen LogP contribution in [0.25, 0.3) is 0 Å². The van der Waals surface area contributed by atoms with E-state index in [4.69, 9.17) is 0 Å². The molecule has 0 aromatic carbocycles. The molecule has 0 unspecified atom stereocenters. The monoisotopic (exact) mass is 342 g/mol. The molecule has 0 atom stereocenters. The van der Waals surface area contributed by atoms with Gasteiger partial charge in [-0.2, -0.15) is 31.3 Å². The largest absolute Gasteiger partial charge is 0.471 e. The van der Waals surface area contributed by atoms with Gasteiger partial charge in [0.1, 0.15) is 0 Å². The van der Waals surface area contributed by atoms with Crippen molar-refractivity contribution in [3.63, 3.8) is 0 Å². The summed E-state index contributed by atoms with van der Waals surface area (Å²) in [5, 5.41) is 3.34. The van der Waals surface area contributed by atoms with Crippen LogP contribution < -0.4 is 9.44 Å². The fraction of sp³-hybridized carbons (Fsp3) is 0.818. The number of alkyl halides is 3. The highest BCUT2D eigenvalue weighted by Gasteiger charge is 2.46. The average Bonchev–Trinajstić information content (AvgIpc) is 3.04. The smallest absolute Gasteiger partial charge is 0.329 e. The zero-order valence-electron chi connectivity index (χ0n) is 11.9. The van der Waals surface area contributed by atoms with Crippen molar-refractivity contribution in [2.75, 3.05) is 6.54 Å². The van der Waals surface area contributed by atoms with Crippen LogP contribution in [0.2, 0.25) is 0 Å². The van der Waals surface area contributed by atoms with Crippen molar-refractivity contribution >= 4 is 10.2 Å². The first kappa shape index (κ1) is 17.2. The van der Waals surface area contributed by atoms with Gasteiger partial charge in [-0.05, 0) is 19.3 Å². The number of rotatable bonds is 6. The lowest BCUT2D eigenvalue weighted by molar-refractivity contribution is -0.159. The second kappa shape index (κ2) is 6.13. The van der Waals surface area contributed by atoms with Gasteiger partial charge in [0.15, 0.2) is 5.82 Å². The molecule has 1 heterocycles. The van der Waals surface area contributed by atoms with Crippen LogP contribution in [0, 0.1) is 0 Å². The number of halogens is 3. The van der Waals surface area contributed by atoms with Crippen LogP contribution in [-0.2, 0) is 21.9 Å². The minimum absolute atomic E-state index is 0.228. The van der Waals surface area contributed by atoms with Gasteiger partial charge in [0, 0.05) is 6.54 Å². The van der Waals surface area contributed by atoms with Crippen molar-refractivity contribution in [1.29, 1.82) is 0 Å². The molecule has 2 N–H and O–H groups in total. The Kier molecular flexibility index (Phi) is 4.78. The molecule has 0 amide bonds. The summed E-state index contributed by atoms with van der Waals surface area (Å²) in [7, 11) is -3.86. The minimum atomic E-state index is -4.76. The third-order valence-corrected chi connectivity index (χ3v) is 4.67. The third-order valence-electron chi connectivity index (χ3n) is 3.43. The Morgan fingerprint density at radius 2 is 1.95 bits per heavy atom. The highest BCUT2D eigenvalue weighted by atomic mass is 32.2. The highest BCUT2D eigenvalue weighted by Crippen LogP contribution is 2.39. The van der Waals surface area contributed by atoms with Crippen LogP contribution in [0.1, 0.15) is 50.7 Å². The van der Waals surface area contributed by atoms with Gasteiger partial charge in [-0.15, -0.1) is 0 Å². The summed E-state index contributed by atoms with van der Waals surface area (Å²) < 4.78 is 70.6. The standard InChI is InChI=1S/C11H17F3N4O3S/c1-2-7-15-22(19,20)18-10(5-3-4-6-10)8-16-9(21-17-8)11(12,13)14/h15,18H,2-7H2,1H3. The molecule has 2 rings (SSSR count). The molecular weight excluding hydrogens is 325 g/mol.